The van der Waals surface area contributed by atoms with Crippen molar-refractivity contribution in [3.8, 4) is 0 Å². The number of para-hydroxylation sites is 1. The molecule has 0 saturated carbocycles. The molecule has 1 N–H and O–H groups in total. The molecule has 2 aliphatic heterocycles. The van der Waals surface area contributed by atoms with E-state index in [1.165, 1.54) is 17.0 Å². The van der Waals surface area contributed by atoms with Gasteiger partial charge in [-0.15, -0.1) is 0 Å². The molecule has 2 fully saturated rings. The van der Waals surface area contributed by atoms with Crippen LogP contribution < -0.4 is 10.2 Å². The summed E-state index contributed by atoms with van der Waals surface area (Å²) in [5, 5.41) is 14.4. The van der Waals surface area contributed by atoms with Gasteiger partial charge in [-0.2, -0.15) is 0 Å². The van der Waals surface area contributed by atoms with E-state index in [0.717, 1.165) is 5.69 Å². The molecule has 32 heavy (non-hydrogen) atoms. The van der Waals surface area contributed by atoms with Gasteiger partial charge in [-0.1, -0.05) is 48.5 Å². The van der Waals surface area contributed by atoms with Crippen LogP contribution in [-0.4, -0.2) is 59.1 Å². The molecule has 168 valence electrons. The van der Waals surface area contributed by atoms with E-state index < -0.39 is 35.0 Å². The number of hydrogen-bond acceptors (Lipinski definition) is 6. The first-order chi connectivity index (χ1) is 15.4. The Morgan fingerprint density at radius 3 is 2.28 bits per heavy atom. The number of nitrogens with one attached hydrogen (secondary N) is 1. The number of benzene rings is 2. The predicted octanol–water partition coefficient (Wildman–Crippen LogP) is 2.63. The minimum absolute atomic E-state index is 0.0844. The minimum atomic E-state index is -1.65. The molecule has 2 heterocycles. The Balaban J connectivity index is 1.43. The standard InChI is InChI=1S/C23H25FN4O4/c24-20(15-19(28(31)32)21(29)17-7-3-1-4-8-17)26-13-11-23(12-14-26)22(30)25-16-27(23)18-9-5-2-6-10-18/h1-10,19-20H,11-16H2,(H,25,30). The summed E-state index contributed by atoms with van der Waals surface area (Å²) in [5.74, 6) is -0.781. The Kier molecular flexibility index (Phi) is 6.18. The van der Waals surface area contributed by atoms with Gasteiger partial charge in [-0.3, -0.25) is 24.6 Å². The highest BCUT2D eigenvalue weighted by Crippen LogP contribution is 2.37. The molecule has 0 radical (unpaired) electrons. The van der Waals surface area contributed by atoms with Crippen molar-refractivity contribution in [3.63, 3.8) is 0 Å². The highest BCUT2D eigenvalue weighted by atomic mass is 19.1. The third-order valence-electron chi connectivity index (χ3n) is 6.46. The van der Waals surface area contributed by atoms with E-state index in [0.29, 0.717) is 19.5 Å². The van der Waals surface area contributed by atoms with Gasteiger partial charge in [0.25, 0.3) is 6.04 Å². The Labute approximate surface area is 185 Å². The fraction of sp³-hybridized carbons (Fsp3) is 0.391. The van der Waals surface area contributed by atoms with Gasteiger partial charge in [-0.25, -0.2) is 4.39 Å². The Bertz CT molecular complexity index is 980. The summed E-state index contributed by atoms with van der Waals surface area (Å²) < 4.78 is 15.1. The molecule has 9 heteroatoms. The van der Waals surface area contributed by atoms with E-state index in [1.54, 1.807) is 18.2 Å². The van der Waals surface area contributed by atoms with Gasteiger partial charge < -0.3 is 10.2 Å². The number of Topliss-reactive ketones (excluding diaryl/α,β-unsaturated/α-hetero) is 1. The van der Waals surface area contributed by atoms with Crippen LogP contribution in [0.1, 0.15) is 29.6 Å². The van der Waals surface area contributed by atoms with Crippen LogP contribution in [0.5, 0.6) is 0 Å². The maximum absolute atomic E-state index is 15.1. The fourth-order valence-corrected chi connectivity index (χ4v) is 4.62. The van der Waals surface area contributed by atoms with E-state index >= 15 is 4.39 Å². The zero-order valence-corrected chi connectivity index (χ0v) is 17.5. The summed E-state index contributed by atoms with van der Waals surface area (Å²) in [6.45, 7) is 0.917. The number of carbonyl (C=O) groups excluding carboxylic acids is 2. The number of piperidine rings is 1. The molecule has 0 bridgehead atoms. The highest BCUT2D eigenvalue weighted by molar-refractivity contribution is 5.99. The predicted molar refractivity (Wildman–Crippen MR) is 117 cm³/mol. The molecule has 8 nitrogen and oxygen atoms in total. The maximum atomic E-state index is 15.1. The topological polar surface area (TPSA) is 95.8 Å². The van der Waals surface area contributed by atoms with Gasteiger partial charge in [0.1, 0.15) is 5.54 Å². The molecule has 2 aliphatic rings. The lowest BCUT2D eigenvalue weighted by Crippen LogP contribution is -2.57. The van der Waals surface area contributed by atoms with Crippen molar-refractivity contribution in [1.82, 2.24) is 10.2 Å². The maximum Gasteiger partial charge on any atom is 0.278 e. The molecule has 0 aromatic heterocycles. The number of likely N-dealkylation sites (tertiary alicyclic amines) is 1. The smallest absolute Gasteiger partial charge is 0.278 e. The van der Waals surface area contributed by atoms with Gasteiger partial charge in [0, 0.05) is 29.3 Å². The number of halogens is 1. The van der Waals surface area contributed by atoms with Crippen LogP contribution in [0.2, 0.25) is 0 Å². The number of ketones is 1. The van der Waals surface area contributed by atoms with Crippen LogP contribution >= 0.6 is 0 Å². The van der Waals surface area contributed by atoms with Gasteiger partial charge in [0.15, 0.2) is 6.30 Å². The summed E-state index contributed by atoms with van der Waals surface area (Å²) in [5.41, 5.74) is 0.345. The summed E-state index contributed by atoms with van der Waals surface area (Å²) in [6, 6.07) is 15.9. The molecule has 1 amide bonds. The van der Waals surface area contributed by atoms with Crippen molar-refractivity contribution in [2.24, 2.45) is 0 Å². The van der Waals surface area contributed by atoms with Crippen molar-refractivity contribution in [3.05, 3.63) is 76.3 Å². The Morgan fingerprint density at radius 2 is 1.69 bits per heavy atom. The molecule has 2 saturated heterocycles. The SMILES string of the molecule is O=C(c1ccccc1)C(CC(F)N1CCC2(CC1)C(=O)NCN2c1ccccc1)[N+](=O)[O-]. The van der Waals surface area contributed by atoms with E-state index in [9.17, 15) is 19.7 Å². The highest BCUT2D eigenvalue weighted by Gasteiger charge is 2.51. The van der Waals surface area contributed by atoms with Crippen molar-refractivity contribution >= 4 is 17.4 Å². The van der Waals surface area contributed by atoms with Crippen LogP contribution in [0.3, 0.4) is 0 Å². The number of nitrogens with zero attached hydrogens (tertiary/aromatic N) is 3. The average Bonchev–Trinajstić information content (AvgIpc) is 3.13. The van der Waals surface area contributed by atoms with Crippen LogP contribution in [0.15, 0.2) is 60.7 Å². The van der Waals surface area contributed by atoms with Gasteiger partial charge in [-0.05, 0) is 25.0 Å². The quantitative estimate of drug-likeness (QED) is 0.308. The monoisotopic (exact) mass is 440 g/mol. The van der Waals surface area contributed by atoms with E-state index in [-0.39, 0.29) is 24.6 Å². The summed E-state index contributed by atoms with van der Waals surface area (Å²) in [6.07, 6.45) is -1.39. The molecular formula is C23H25FN4O4. The third kappa shape index (κ3) is 4.08. The van der Waals surface area contributed by atoms with Gasteiger partial charge in [0.05, 0.1) is 13.1 Å². The van der Waals surface area contributed by atoms with Crippen LogP contribution in [0.25, 0.3) is 0 Å². The second-order valence-electron chi connectivity index (χ2n) is 8.20. The van der Waals surface area contributed by atoms with Gasteiger partial charge >= 0.3 is 0 Å². The molecule has 2 unspecified atom stereocenters. The lowest BCUT2D eigenvalue weighted by atomic mass is 9.85. The molecular weight excluding hydrogens is 415 g/mol. The van der Waals surface area contributed by atoms with Crippen molar-refractivity contribution in [2.75, 3.05) is 24.7 Å². The first-order valence-corrected chi connectivity index (χ1v) is 10.6. The minimum Gasteiger partial charge on any atom is -0.339 e. The van der Waals surface area contributed by atoms with E-state index in [2.05, 4.69) is 5.32 Å². The number of alkyl halides is 1. The molecule has 2 aromatic rings. The third-order valence-corrected chi connectivity index (χ3v) is 6.46. The number of anilines is 1. The van der Waals surface area contributed by atoms with Crippen molar-refractivity contribution in [1.29, 1.82) is 0 Å². The number of nitro groups is 1. The fourth-order valence-electron chi connectivity index (χ4n) is 4.62. The van der Waals surface area contributed by atoms with Crippen molar-refractivity contribution in [2.45, 2.75) is 37.1 Å². The molecule has 0 aliphatic carbocycles. The van der Waals surface area contributed by atoms with Crippen molar-refractivity contribution < 1.29 is 18.9 Å². The molecule has 2 aromatic carbocycles. The van der Waals surface area contributed by atoms with Crippen LogP contribution in [0, 0.1) is 10.1 Å². The number of hydrogen-bond donors (Lipinski definition) is 1. The number of carbonyl (C=O) groups is 2. The number of rotatable bonds is 7. The second-order valence-corrected chi connectivity index (χ2v) is 8.20. The number of amides is 1. The molecule has 4 rings (SSSR count). The summed E-state index contributed by atoms with van der Waals surface area (Å²) >= 11 is 0. The lowest BCUT2D eigenvalue weighted by molar-refractivity contribution is -0.508. The second kappa shape index (κ2) is 9.04. The summed E-state index contributed by atoms with van der Waals surface area (Å²) in [4.78, 5) is 39.6. The van der Waals surface area contributed by atoms with E-state index in [4.69, 9.17) is 0 Å². The van der Waals surface area contributed by atoms with Gasteiger partial charge in [0.2, 0.25) is 11.7 Å². The zero-order chi connectivity index (χ0) is 22.7. The molecule has 2 atom stereocenters. The first-order valence-electron chi connectivity index (χ1n) is 10.6. The average molecular weight is 440 g/mol. The first kappa shape index (κ1) is 21.9. The Hall–Kier alpha value is -3.33. The normalized spacial score (nSPS) is 20.0. The van der Waals surface area contributed by atoms with E-state index in [1.807, 2.05) is 35.2 Å². The zero-order valence-electron chi connectivity index (χ0n) is 17.5. The lowest BCUT2D eigenvalue weighted by Gasteiger charge is -2.44. The largest absolute Gasteiger partial charge is 0.339 e. The van der Waals surface area contributed by atoms with Crippen LogP contribution in [-0.2, 0) is 4.79 Å². The molecule has 1 spiro atoms. The van der Waals surface area contributed by atoms with Crippen LogP contribution in [0.4, 0.5) is 10.1 Å². The summed E-state index contributed by atoms with van der Waals surface area (Å²) in [7, 11) is 0. The Morgan fingerprint density at radius 1 is 1.09 bits per heavy atom.